The molecule has 1 aromatic carbocycles. The van der Waals surface area contributed by atoms with Gasteiger partial charge in [-0.1, -0.05) is 6.07 Å². The SMILES string of the molecule is CONCc1ccc(OC)c(F)c1OC. The lowest BCUT2D eigenvalue weighted by molar-refractivity contribution is 0.0859. The van der Waals surface area contributed by atoms with Gasteiger partial charge in [-0.3, -0.25) is 0 Å². The zero-order valence-electron chi connectivity index (χ0n) is 8.96. The number of nitrogens with one attached hydrogen (secondary N) is 1. The van der Waals surface area contributed by atoms with E-state index in [1.807, 2.05) is 0 Å². The first-order valence-corrected chi connectivity index (χ1v) is 4.39. The molecule has 0 bridgehead atoms. The molecule has 0 aliphatic carbocycles. The standard InChI is InChI=1S/C10H14FNO3/c1-13-8-5-4-7(6-12-15-3)10(14-2)9(8)11/h4-5,12H,6H2,1-3H3. The summed E-state index contributed by atoms with van der Waals surface area (Å²) in [5, 5.41) is 0. The topological polar surface area (TPSA) is 39.7 Å². The van der Waals surface area contributed by atoms with Crippen LogP contribution in [0, 0.1) is 5.82 Å². The molecule has 0 atom stereocenters. The predicted octanol–water partition coefficient (Wildman–Crippen LogP) is 1.49. The number of methoxy groups -OCH3 is 2. The molecule has 0 spiro atoms. The van der Waals surface area contributed by atoms with E-state index in [2.05, 4.69) is 10.3 Å². The van der Waals surface area contributed by atoms with Gasteiger partial charge in [-0.25, -0.2) is 0 Å². The minimum atomic E-state index is -0.504. The van der Waals surface area contributed by atoms with Gasteiger partial charge in [-0.15, -0.1) is 0 Å². The Morgan fingerprint density at radius 3 is 2.47 bits per heavy atom. The maximum absolute atomic E-state index is 13.6. The Kier molecular flexibility index (Phi) is 4.33. The van der Waals surface area contributed by atoms with Gasteiger partial charge >= 0.3 is 0 Å². The first-order chi connectivity index (χ1) is 7.24. The quantitative estimate of drug-likeness (QED) is 0.755. The van der Waals surface area contributed by atoms with Crippen molar-refractivity contribution in [3.8, 4) is 11.5 Å². The third kappa shape index (κ3) is 2.57. The van der Waals surface area contributed by atoms with Gasteiger partial charge < -0.3 is 14.3 Å². The van der Waals surface area contributed by atoms with Crippen LogP contribution in [-0.4, -0.2) is 21.3 Å². The van der Waals surface area contributed by atoms with Crippen molar-refractivity contribution in [3.63, 3.8) is 0 Å². The second-order valence-electron chi connectivity index (χ2n) is 2.80. The Morgan fingerprint density at radius 2 is 1.93 bits per heavy atom. The Hall–Kier alpha value is -1.33. The van der Waals surface area contributed by atoms with E-state index < -0.39 is 5.82 Å². The summed E-state index contributed by atoms with van der Waals surface area (Å²) in [6.45, 7) is 0.362. The van der Waals surface area contributed by atoms with Crippen LogP contribution in [0.4, 0.5) is 4.39 Å². The highest BCUT2D eigenvalue weighted by atomic mass is 19.1. The van der Waals surface area contributed by atoms with Crippen molar-refractivity contribution >= 4 is 0 Å². The summed E-state index contributed by atoms with van der Waals surface area (Å²) >= 11 is 0. The summed E-state index contributed by atoms with van der Waals surface area (Å²) in [5.74, 6) is -0.178. The summed E-state index contributed by atoms with van der Waals surface area (Å²) in [6.07, 6.45) is 0. The Labute approximate surface area is 87.9 Å². The zero-order valence-corrected chi connectivity index (χ0v) is 8.96. The molecule has 1 aromatic rings. The highest BCUT2D eigenvalue weighted by Gasteiger charge is 2.14. The second-order valence-corrected chi connectivity index (χ2v) is 2.80. The van der Waals surface area contributed by atoms with Gasteiger partial charge in [0.1, 0.15) is 0 Å². The molecule has 0 aliphatic heterocycles. The average Bonchev–Trinajstić information content (AvgIpc) is 2.26. The van der Waals surface area contributed by atoms with Crippen LogP contribution < -0.4 is 15.0 Å². The van der Waals surface area contributed by atoms with Crippen molar-refractivity contribution < 1.29 is 18.7 Å². The average molecular weight is 215 g/mol. The van der Waals surface area contributed by atoms with Gasteiger partial charge in [0, 0.05) is 12.1 Å². The van der Waals surface area contributed by atoms with Crippen molar-refractivity contribution in [2.24, 2.45) is 0 Å². The normalized spacial score (nSPS) is 10.1. The molecule has 84 valence electrons. The molecule has 4 nitrogen and oxygen atoms in total. The van der Waals surface area contributed by atoms with Crippen molar-refractivity contribution in [2.75, 3.05) is 21.3 Å². The van der Waals surface area contributed by atoms with Crippen LogP contribution in [0.3, 0.4) is 0 Å². The molecule has 0 heterocycles. The van der Waals surface area contributed by atoms with Gasteiger partial charge in [0.25, 0.3) is 0 Å². The molecule has 0 unspecified atom stereocenters. The van der Waals surface area contributed by atoms with Crippen LogP contribution in [0.2, 0.25) is 0 Å². The molecular weight excluding hydrogens is 201 g/mol. The number of ether oxygens (including phenoxy) is 2. The lowest BCUT2D eigenvalue weighted by Gasteiger charge is -2.11. The number of rotatable bonds is 5. The van der Waals surface area contributed by atoms with Crippen LogP contribution in [0.15, 0.2) is 12.1 Å². The van der Waals surface area contributed by atoms with Gasteiger partial charge in [0.2, 0.25) is 5.82 Å². The summed E-state index contributed by atoms with van der Waals surface area (Å²) in [6, 6.07) is 3.26. The highest BCUT2D eigenvalue weighted by molar-refractivity contribution is 5.42. The van der Waals surface area contributed by atoms with Gasteiger partial charge in [-0.05, 0) is 6.07 Å². The third-order valence-electron chi connectivity index (χ3n) is 1.97. The van der Waals surface area contributed by atoms with E-state index in [0.717, 1.165) is 0 Å². The molecule has 0 aromatic heterocycles. The summed E-state index contributed by atoms with van der Waals surface area (Å²) in [4.78, 5) is 4.68. The number of hydrogen-bond donors (Lipinski definition) is 1. The fourth-order valence-electron chi connectivity index (χ4n) is 1.25. The Morgan fingerprint density at radius 1 is 1.20 bits per heavy atom. The molecule has 5 heteroatoms. The first kappa shape index (κ1) is 11.7. The molecule has 15 heavy (non-hydrogen) atoms. The van der Waals surface area contributed by atoms with Crippen LogP contribution in [0.5, 0.6) is 11.5 Å². The molecule has 0 saturated heterocycles. The first-order valence-electron chi connectivity index (χ1n) is 4.39. The lowest BCUT2D eigenvalue weighted by Crippen LogP contribution is -2.12. The summed E-state index contributed by atoms with van der Waals surface area (Å²) in [7, 11) is 4.31. The predicted molar refractivity (Wildman–Crippen MR) is 53.4 cm³/mol. The van der Waals surface area contributed by atoms with Crippen molar-refractivity contribution in [3.05, 3.63) is 23.5 Å². The van der Waals surface area contributed by atoms with Crippen molar-refractivity contribution in [1.82, 2.24) is 5.48 Å². The molecule has 1 N–H and O–H groups in total. The maximum atomic E-state index is 13.6. The third-order valence-corrected chi connectivity index (χ3v) is 1.97. The van der Waals surface area contributed by atoms with E-state index in [1.54, 1.807) is 12.1 Å². The van der Waals surface area contributed by atoms with Gasteiger partial charge in [0.15, 0.2) is 11.5 Å². The van der Waals surface area contributed by atoms with Crippen molar-refractivity contribution in [2.45, 2.75) is 6.54 Å². The number of hydrogen-bond acceptors (Lipinski definition) is 4. The van der Waals surface area contributed by atoms with Gasteiger partial charge in [-0.2, -0.15) is 9.87 Å². The van der Waals surface area contributed by atoms with E-state index in [9.17, 15) is 4.39 Å². The Bertz CT molecular complexity index is 331. The number of halogens is 1. The monoisotopic (exact) mass is 215 g/mol. The van der Waals surface area contributed by atoms with Crippen LogP contribution >= 0.6 is 0 Å². The fraction of sp³-hybridized carbons (Fsp3) is 0.400. The minimum Gasteiger partial charge on any atom is -0.494 e. The molecule has 1 rings (SSSR count). The molecule has 0 saturated carbocycles. The number of hydroxylamine groups is 1. The van der Waals surface area contributed by atoms with E-state index in [1.165, 1.54) is 21.3 Å². The minimum absolute atomic E-state index is 0.160. The zero-order chi connectivity index (χ0) is 11.3. The molecule has 0 radical (unpaired) electrons. The van der Waals surface area contributed by atoms with Gasteiger partial charge in [0.05, 0.1) is 21.3 Å². The summed E-state index contributed by atoms with van der Waals surface area (Å²) in [5.41, 5.74) is 3.28. The van der Waals surface area contributed by atoms with Crippen LogP contribution in [0.25, 0.3) is 0 Å². The highest BCUT2D eigenvalue weighted by Crippen LogP contribution is 2.30. The maximum Gasteiger partial charge on any atom is 0.207 e. The molecule has 0 amide bonds. The van der Waals surface area contributed by atoms with E-state index in [0.29, 0.717) is 12.1 Å². The largest absolute Gasteiger partial charge is 0.494 e. The van der Waals surface area contributed by atoms with E-state index >= 15 is 0 Å². The Balaban J connectivity index is 3.01. The number of benzene rings is 1. The van der Waals surface area contributed by atoms with Crippen LogP contribution in [0.1, 0.15) is 5.56 Å². The second kappa shape index (κ2) is 5.53. The van der Waals surface area contributed by atoms with Crippen LogP contribution in [-0.2, 0) is 11.4 Å². The molecule has 0 aliphatic rings. The lowest BCUT2D eigenvalue weighted by atomic mass is 10.2. The van der Waals surface area contributed by atoms with E-state index in [4.69, 9.17) is 9.47 Å². The molecular formula is C10H14FNO3. The van der Waals surface area contributed by atoms with E-state index in [-0.39, 0.29) is 11.5 Å². The fourth-order valence-corrected chi connectivity index (χ4v) is 1.25. The van der Waals surface area contributed by atoms with Crippen molar-refractivity contribution in [1.29, 1.82) is 0 Å². The summed E-state index contributed by atoms with van der Waals surface area (Å²) < 4.78 is 23.4. The smallest absolute Gasteiger partial charge is 0.207 e. The molecule has 0 fully saturated rings.